The Morgan fingerprint density at radius 3 is 2.50 bits per heavy atom. The molecular weight excluding hydrogens is 232 g/mol. The Bertz CT molecular complexity index is 395. The fourth-order valence-electron chi connectivity index (χ4n) is 1.46. The quantitative estimate of drug-likeness (QED) is 0.458. The van der Waals surface area contributed by atoms with E-state index >= 15 is 0 Å². The van der Waals surface area contributed by atoms with E-state index in [-0.39, 0.29) is 18.0 Å². The first-order valence-corrected chi connectivity index (χ1v) is 6.07. The number of hydrogen-bond acceptors (Lipinski definition) is 4. The molecule has 98 valence electrons. The third kappa shape index (κ3) is 5.48. The van der Waals surface area contributed by atoms with E-state index in [4.69, 9.17) is 9.84 Å². The topological polar surface area (TPSA) is 63.6 Å². The van der Waals surface area contributed by atoms with E-state index in [1.807, 2.05) is 12.1 Å². The van der Waals surface area contributed by atoms with Crippen LogP contribution < -0.4 is 0 Å². The molecule has 1 N–H and O–H groups in total. The van der Waals surface area contributed by atoms with Crippen molar-refractivity contribution in [1.29, 1.82) is 0 Å². The predicted molar refractivity (Wildman–Crippen MR) is 67.3 cm³/mol. The molecule has 0 saturated heterocycles. The van der Waals surface area contributed by atoms with Crippen molar-refractivity contribution in [3.05, 3.63) is 29.8 Å². The van der Waals surface area contributed by atoms with E-state index in [1.54, 1.807) is 19.1 Å². The highest BCUT2D eigenvalue weighted by Crippen LogP contribution is 2.11. The number of ether oxygens (including phenoxy) is 1. The van der Waals surface area contributed by atoms with Gasteiger partial charge in [-0.05, 0) is 30.5 Å². The summed E-state index contributed by atoms with van der Waals surface area (Å²) in [5, 5.41) is 9.11. The van der Waals surface area contributed by atoms with E-state index in [9.17, 15) is 9.59 Å². The second kappa shape index (κ2) is 7.48. The largest absolute Gasteiger partial charge is 0.508 e. The first kappa shape index (κ1) is 14.2. The molecular formula is C14H18O4. The van der Waals surface area contributed by atoms with E-state index in [2.05, 4.69) is 0 Å². The molecule has 0 unspecified atom stereocenters. The van der Waals surface area contributed by atoms with Crippen LogP contribution >= 0.6 is 0 Å². The number of aryl methyl sites for hydroxylation is 1. The summed E-state index contributed by atoms with van der Waals surface area (Å²) in [6, 6.07) is 6.91. The zero-order valence-electron chi connectivity index (χ0n) is 10.5. The van der Waals surface area contributed by atoms with Crippen molar-refractivity contribution in [2.75, 3.05) is 6.61 Å². The van der Waals surface area contributed by atoms with Gasteiger partial charge in [0.2, 0.25) is 0 Å². The second-order valence-electron chi connectivity index (χ2n) is 4.06. The van der Waals surface area contributed by atoms with Gasteiger partial charge in [-0.25, -0.2) is 0 Å². The van der Waals surface area contributed by atoms with Crippen LogP contribution in [0.4, 0.5) is 0 Å². The Kier molecular flexibility index (Phi) is 5.91. The minimum atomic E-state index is -0.451. The van der Waals surface area contributed by atoms with Gasteiger partial charge in [0.25, 0.3) is 0 Å². The standard InChI is InChI=1S/C14H18O4/c1-2-12(15)10-14(17)18-9-3-4-11-5-7-13(16)8-6-11/h5-8,16H,2-4,9-10H2,1H3. The summed E-state index contributed by atoms with van der Waals surface area (Å²) in [6.07, 6.45) is 1.71. The average Bonchev–Trinajstić information content (AvgIpc) is 2.36. The number of carbonyl (C=O) groups is 2. The summed E-state index contributed by atoms with van der Waals surface area (Å²) >= 11 is 0. The van der Waals surface area contributed by atoms with Crippen molar-refractivity contribution < 1.29 is 19.4 Å². The number of phenolic OH excluding ortho intramolecular Hbond substituents is 1. The molecule has 18 heavy (non-hydrogen) atoms. The maximum atomic E-state index is 11.2. The molecule has 0 aliphatic heterocycles. The third-order valence-corrected chi connectivity index (χ3v) is 2.55. The fraction of sp³-hybridized carbons (Fsp3) is 0.429. The number of phenols is 1. The first-order chi connectivity index (χ1) is 8.61. The van der Waals surface area contributed by atoms with Crippen molar-refractivity contribution in [3.8, 4) is 5.75 Å². The highest BCUT2D eigenvalue weighted by Gasteiger charge is 2.08. The molecule has 0 aliphatic rings. The normalized spacial score (nSPS) is 10.1. The summed E-state index contributed by atoms with van der Waals surface area (Å²) in [6.45, 7) is 2.04. The monoisotopic (exact) mass is 250 g/mol. The van der Waals surface area contributed by atoms with Gasteiger partial charge >= 0.3 is 5.97 Å². The smallest absolute Gasteiger partial charge is 0.313 e. The van der Waals surface area contributed by atoms with E-state index in [0.29, 0.717) is 19.4 Å². The van der Waals surface area contributed by atoms with Crippen LogP contribution in [0.25, 0.3) is 0 Å². The van der Waals surface area contributed by atoms with Gasteiger partial charge in [-0.1, -0.05) is 19.1 Å². The molecule has 0 bridgehead atoms. The van der Waals surface area contributed by atoms with Crippen LogP contribution in [0, 0.1) is 0 Å². The van der Waals surface area contributed by atoms with Gasteiger partial charge in [-0.2, -0.15) is 0 Å². The van der Waals surface area contributed by atoms with Crippen molar-refractivity contribution >= 4 is 11.8 Å². The molecule has 0 spiro atoms. The van der Waals surface area contributed by atoms with Gasteiger partial charge in [-0.15, -0.1) is 0 Å². The van der Waals surface area contributed by atoms with Gasteiger partial charge in [0.1, 0.15) is 18.0 Å². The Hall–Kier alpha value is -1.84. The Morgan fingerprint density at radius 2 is 1.89 bits per heavy atom. The molecule has 1 aromatic carbocycles. The maximum Gasteiger partial charge on any atom is 0.313 e. The summed E-state index contributed by atoms with van der Waals surface area (Å²) in [5.41, 5.74) is 1.08. The highest BCUT2D eigenvalue weighted by molar-refractivity contribution is 5.95. The molecule has 0 radical (unpaired) electrons. The molecule has 4 nitrogen and oxygen atoms in total. The number of benzene rings is 1. The first-order valence-electron chi connectivity index (χ1n) is 6.07. The zero-order chi connectivity index (χ0) is 13.4. The number of aromatic hydroxyl groups is 1. The van der Waals surface area contributed by atoms with E-state index < -0.39 is 5.97 Å². The van der Waals surface area contributed by atoms with Crippen LogP contribution in [-0.4, -0.2) is 23.5 Å². The van der Waals surface area contributed by atoms with E-state index in [1.165, 1.54) is 0 Å². The molecule has 1 aromatic rings. The van der Waals surface area contributed by atoms with Crippen LogP contribution in [0.5, 0.6) is 5.75 Å². The summed E-state index contributed by atoms with van der Waals surface area (Å²) in [5.74, 6) is -0.311. The molecule has 0 heterocycles. The van der Waals surface area contributed by atoms with Crippen LogP contribution in [0.2, 0.25) is 0 Å². The van der Waals surface area contributed by atoms with Crippen molar-refractivity contribution in [1.82, 2.24) is 0 Å². The number of ketones is 1. The summed E-state index contributed by atoms with van der Waals surface area (Å²) in [4.78, 5) is 22.2. The van der Waals surface area contributed by atoms with Gasteiger partial charge in [0.05, 0.1) is 6.61 Å². The molecule has 1 rings (SSSR count). The molecule has 0 saturated carbocycles. The number of esters is 1. The Balaban J connectivity index is 2.17. The van der Waals surface area contributed by atoms with Crippen molar-refractivity contribution in [2.45, 2.75) is 32.6 Å². The van der Waals surface area contributed by atoms with Crippen molar-refractivity contribution in [3.63, 3.8) is 0 Å². The van der Waals surface area contributed by atoms with Crippen LogP contribution in [0.3, 0.4) is 0 Å². The number of Topliss-reactive ketones (excluding diaryl/α,β-unsaturated/α-hetero) is 1. The maximum absolute atomic E-state index is 11.2. The van der Waals surface area contributed by atoms with Gasteiger partial charge in [-0.3, -0.25) is 9.59 Å². The Labute approximate surface area is 107 Å². The molecule has 0 atom stereocenters. The Morgan fingerprint density at radius 1 is 1.22 bits per heavy atom. The number of hydrogen-bond donors (Lipinski definition) is 1. The SMILES string of the molecule is CCC(=O)CC(=O)OCCCc1ccc(O)cc1. The van der Waals surface area contributed by atoms with E-state index in [0.717, 1.165) is 12.0 Å². The second-order valence-corrected chi connectivity index (χ2v) is 4.06. The molecule has 0 aromatic heterocycles. The molecule has 4 heteroatoms. The van der Waals surface area contributed by atoms with Gasteiger partial charge in [0.15, 0.2) is 0 Å². The fourth-order valence-corrected chi connectivity index (χ4v) is 1.46. The predicted octanol–water partition coefficient (Wildman–Crippen LogP) is 2.24. The third-order valence-electron chi connectivity index (χ3n) is 2.55. The minimum absolute atomic E-state index is 0.0986. The van der Waals surface area contributed by atoms with Crippen LogP contribution in [0.15, 0.2) is 24.3 Å². The molecule has 0 aliphatic carbocycles. The average molecular weight is 250 g/mol. The summed E-state index contributed by atoms with van der Waals surface area (Å²) < 4.78 is 4.95. The lowest BCUT2D eigenvalue weighted by Gasteiger charge is -2.04. The lowest BCUT2D eigenvalue weighted by Crippen LogP contribution is -2.11. The van der Waals surface area contributed by atoms with Gasteiger partial charge in [0, 0.05) is 6.42 Å². The van der Waals surface area contributed by atoms with Crippen LogP contribution in [0.1, 0.15) is 31.7 Å². The number of carbonyl (C=O) groups excluding carboxylic acids is 2. The zero-order valence-corrected chi connectivity index (χ0v) is 10.5. The lowest BCUT2D eigenvalue weighted by molar-refractivity contribution is -0.146. The molecule has 0 amide bonds. The van der Waals surface area contributed by atoms with Crippen molar-refractivity contribution in [2.24, 2.45) is 0 Å². The minimum Gasteiger partial charge on any atom is -0.508 e. The lowest BCUT2D eigenvalue weighted by atomic mass is 10.1. The van der Waals surface area contributed by atoms with Gasteiger partial charge < -0.3 is 9.84 Å². The molecule has 0 fully saturated rings. The van der Waals surface area contributed by atoms with Crippen LogP contribution in [-0.2, 0) is 20.7 Å². The number of rotatable bonds is 7. The summed E-state index contributed by atoms with van der Waals surface area (Å²) in [7, 11) is 0. The highest BCUT2D eigenvalue weighted by atomic mass is 16.5.